The van der Waals surface area contributed by atoms with Crippen LogP contribution in [0.5, 0.6) is 0 Å². The van der Waals surface area contributed by atoms with Crippen LogP contribution in [0.3, 0.4) is 0 Å². The second kappa shape index (κ2) is 7.93. The second-order valence-electron chi connectivity index (χ2n) is 8.31. The Kier molecular flexibility index (Phi) is 4.95. The van der Waals surface area contributed by atoms with Crippen molar-refractivity contribution in [1.82, 2.24) is 24.3 Å². The van der Waals surface area contributed by atoms with Crippen molar-refractivity contribution < 1.29 is 0 Å². The van der Waals surface area contributed by atoms with Crippen LogP contribution >= 0.6 is 0 Å². The quantitative estimate of drug-likeness (QED) is 0.473. The summed E-state index contributed by atoms with van der Waals surface area (Å²) in [5.41, 5.74) is 4.57. The maximum atomic E-state index is 10.2. The number of hydrogen-bond acceptors (Lipinski definition) is 4. The van der Waals surface area contributed by atoms with E-state index in [4.69, 9.17) is 4.98 Å². The highest BCUT2D eigenvalue weighted by Crippen LogP contribution is 2.38. The number of benzene rings is 2. The van der Waals surface area contributed by atoms with Crippen molar-refractivity contribution in [1.29, 1.82) is 5.26 Å². The third-order valence-corrected chi connectivity index (χ3v) is 6.08. The summed E-state index contributed by atoms with van der Waals surface area (Å²) in [5.74, 6) is 1.36. The number of imidazole rings is 1. The molecule has 0 radical (unpaired) electrons. The molecule has 2 aromatic carbocycles. The Morgan fingerprint density at radius 1 is 1.09 bits per heavy atom. The Labute approximate surface area is 187 Å². The molecular formula is C26H24N6. The molecule has 158 valence electrons. The first-order chi connectivity index (χ1) is 15.6. The molecule has 6 heteroatoms. The number of rotatable bonds is 4. The average molecular weight is 421 g/mol. The van der Waals surface area contributed by atoms with Crippen molar-refractivity contribution in [2.75, 3.05) is 0 Å². The minimum atomic E-state index is -0.750. The Morgan fingerprint density at radius 3 is 2.66 bits per heavy atom. The van der Waals surface area contributed by atoms with Gasteiger partial charge in [-0.05, 0) is 61.6 Å². The number of nitriles is 1. The zero-order valence-corrected chi connectivity index (χ0v) is 18.2. The van der Waals surface area contributed by atoms with Crippen LogP contribution < -0.4 is 0 Å². The van der Waals surface area contributed by atoms with Crippen LogP contribution in [0.15, 0.2) is 61.1 Å². The van der Waals surface area contributed by atoms with Crippen molar-refractivity contribution in [2.45, 2.75) is 38.6 Å². The van der Waals surface area contributed by atoms with Gasteiger partial charge in [-0.1, -0.05) is 42.5 Å². The van der Waals surface area contributed by atoms with E-state index in [1.54, 1.807) is 0 Å². The molecule has 0 amide bonds. The molecule has 0 saturated carbocycles. The molecule has 0 saturated heterocycles. The van der Waals surface area contributed by atoms with Gasteiger partial charge in [0, 0.05) is 18.4 Å². The summed E-state index contributed by atoms with van der Waals surface area (Å²) in [4.78, 5) is 9.10. The number of fused-ring (bicyclic) bond motifs is 1. The zero-order valence-electron chi connectivity index (χ0n) is 18.2. The van der Waals surface area contributed by atoms with Crippen LogP contribution in [-0.4, -0.2) is 24.3 Å². The van der Waals surface area contributed by atoms with Gasteiger partial charge in [-0.15, -0.1) is 0 Å². The zero-order chi connectivity index (χ0) is 22.1. The Bertz CT molecular complexity index is 1340. The summed E-state index contributed by atoms with van der Waals surface area (Å²) in [6, 6.07) is 18.8. The van der Waals surface area contributed by atoms with Crippen molar-refractivity contribution in [3.05, 3.63) is 95.1 Å². The fourth-order valence-electron chi connectivity index (χ4n) is 4.47. The lowest BCUT2D eigenvalue weighted by molar-refractivity contribution is 0.393. The monoisotopic (exact) mass is 420 g/mol. The molecule has 0 spiro atoms. The van der Waals surface area contributed by atoms with E-state index in [1.165, 1.54) is 0 Å². The van der Waals surface area contributed by atoms with Gasteiger partial charge in [0.2, 0.25) is 0 Å². The minimum absolute atomic E-state index is 0.629. The van der Waals surface area contributed by atoms with Gasteiger partial charge in [0.25, 0.3) is 0 Å². The smallest absolute Gasteiger partial charge is 0.174 e. The van der Waals surface area contributed by atoms with Gasteiger partial charge < -0.3 is 4.57 Å². The molecule has 0 aliphatic carbocycles. The van der Waals surface area contributed by atoms with Gasteiger partial charge >= 0.3 is 0 Å². The third kappa shape index (κ3) is 3.42. The van der Waals surface area contributed by atoms with Crippen molar-refractivity contribution in [3.8, 4) is 11.8 Å². The summed E-state index contributed by atoms with van der Waals surface area (Å²) >= 11 is 0. The van der Waals surface area contributed by atoms with Gasteiger partial charge in [0.1, 0.15) is 5.41 Å². The number of aryl methyl sites for hydroxylation is 3. The topological polar surface area (TPSA) is 72.3 Å². The predicted molar refractivity (Wildman–Crippen MR) is 124 cm³/mol. The first-order valence-corrected chi connectivity index (χ1v) is 10.8. The number of aromatic nitrogens is 5. The second-order valence-corrected chi connectivity index (χ2v) is 8.31. The maximum absolute atomic E-state index is 10.2. The van der Waals surface area contributed by atoms with Crippen molar-refractivity contribution in [2.24, 2.45) is 0 Å². The van der Waals surface area contributed by atoms with Crippen LogP contribution in [-0.2, 0) is 12.0 Å². The lowest BCUT2D eigenvalue weighted by atomic mass is 9.75. The number of hydrogen-bond donors (Lipinski definition) is 0. The lowest BCUT2D eigenvalue weighted by Crippen LogP contribution is -2.34. The summed E-state index contributed by atoms with van der Waals surface area (Å²) in [7, 11) is 0. The molecule has 5 rings (SSSR count). The van der Waals surface area contributed by atoms with Crippen LogP contribution in [0, 0.1) is 25.2 Å². The Hall–Kier alpha value is -3.98. The van der Waals surface area contributed by atoms with E-state index in [2.05, 4.69) is 41.3 Å². The molecular weight excluding hydrogens is 396 g/mol. The van der Waals surface area contributed by atoms with Gasteiger partial charge in [-0.25, -0.2) is 14.6 Å². The van der Waals surface area contributed by atoms with E-state index in [-0.39, 0.29) is 0 Å². The molecule has 4 aromatic rings. The van der Waals surface area contributed by atoms with E-state index >= 15 is 0 Å². The summed E-state index contributed by atoms with van der Waals surface area (Å²) in [6.07, 6.45) is 9.45. The molecule has 0 N–H and O–H groups in total. The van der Waals surface area contributed by atoms with Crippen molar-refractivity contribution in [3.63, 3.8) is 0 Å². The molecule has 1 atom stereocenters. The van der Waals surface area contributed by atoms with E-state index in [1.807, 2.05) is 71.2 Å². The molecule has 0 fully saturated rings. The molecule has 2 aromatic heterocycles. The first kappa shape index (κ1) is 20.0. The Balaban J connectivity index is 1.45. The van der Waals surface area contributed by atoms with E-state index in [9.17, 15) is 5.26 Å². The highest BCUT2D eigenvalue weighted by atomic mass is 15.4. The molecule has 1 aliphatic rings. The van der Waals surface area contributed by atoms with Gasteiger partial charge in [0.15, 0.2) is 11.6 Å². The molecule has 6 nitrogen and oxygen atoms in total. The SMILES string of the molecule is Cc1cn(-c2ccc(/C=C/c3nc4n(n3)CCC[C@]4(C#N)c3ccccc3)cc2C)cn1. The highest BCUT2D eigenvalue weighted by molar-refractivity contribution is 5.68. The molecule has 32 heavy (non-hydrogen) atoms. The lowest BCUT2D eigenvalue weighted by Gasteiger charge is -2.30. The van der Waals surface area contributed by atoms with Crippen LogP contribution in [0.25, 0.3) is 17.8 Å². The fourth-order valence-corrected chi connectivity index (χ4v) is 4.47. The predicted octanol–water partition coefficient (Wildman–Crippen LogP) is 4.85. The van der Waals surface area contributed by atoms with E-state index < -0.39 is 5.41 Å². The van der Waals surface area contributed by atoms with E-state index in [0.717, 1.165) is 53.3 Å². The maximum Gasteiger partial charge on any atom is 0.174 e. The summed E-state index contributed by atoms with van der Waals surface area (Å²) in [5, 5.41) is 14.8. The van der Waals surface area contributed by atoms with Crippen LogP contribution in [0.4, 0.5) is 0 Å². The average Bonchev–Trinajstić information content (AvgIpc) is 3.44. The third-order valence-electron chi connectivity index (χ3n) is 6.08. The van der Waals surface area contributed by atoms with Crippen LogP contribution in [0.1, 0.15) is 46.9 Å². The fraction of sp³-hybridized carbons (Fsp3) is 0.231. The van der Waals surface area contributed by atoms with Gasteiger partial charge in [0.05, 0.1) is 18.1 Å². The van der Waals surface area contributed by atoms with Crippen LogP contribution in [0.2, 0.25) is 0 Å². The molecule has 3 heterocycles. The standard InChI is InChI=1S/C26H24N6/c1-19-15-21(9-11-23(19)31-16-20(2)28-18-31)10-12-24-29-25-26(17-27,13-6-14-32(25)30-24)22-7-4-3-5-8-22/h3-5,7-12,15-16,18H,6,13-14H2,1-2H3/b12-10+/t26-/m0/s1. The minimum Gasteiger partial charge on any atom is -0.306 e. The van der Waals surface area contributed by atoms with Gasteiger partial charge in [-0.2, -0.15) is 10.4 Å². The molecule has 0 unspecified atom stereocenters. The molecule has 0 bridgehead atoms. The number of nitrogens with zero attached hydrogens (tertiary/aromatic N) is 6. The molecule has 1 aliphatic heterocycles. The summed E-state index contributed by atoms with van der Waals surface area (Å²) < 4.78 is 3.93. The van der Waals surface area contributed by atoms with E-state index in [0.29, 0.717) is 5.82 Å². The summed E-state index contributed by atoms with van der Waals surface area (Å²) in [6.45, 7) is 4.86. The van der Waals surface area contributed by atoms with Crippen molar-refractivity contribution >= 4 is 12.2 Å². The largest absolute Gasteiger partial charge is 0.306 e. The van der Waals surface area contributed by atoms with Gasteiger partial charge in [-0.3, -0.25) is 0 Å². The normalized spacial score (nSPS) is 17.9. The first-order valence-electron chi connectivity index (χ1n) is 10.8. The highest BCUT2D eigenvalue weighted by Gasteiger charge is 2.41. The Morgan fingerprint density at radius 2 is 1.94 bits per heavy atom.